The number of nitrogens with zero attached hydrogens (tertiary/aromatic N) is 1. The van der Waals surface area contributed by atoms with E-state index in [1.807, 2.05) is 12.2 Å². The molecule has 0 saturated carbocycles. The maximum absolute atomic E-state index is 10.5. The Labute approximate surface area is 80.5 Å². The van der Waals surface area contributed by atoms with E-state index in [2.05, 4.69) is 10.3 Å². The summed E-state index contributed by atoms with van der Waals surface area (Å²) in [6, 6.07) is 0. The molecule has 1 heterocycles. The highest BCUT2D eigenvalue weighted by atomic mass is 32.1. The number of carbonyl (C=O) groups excluding carboxylic acids is 1. The summed E-state index contributed by atoms with van der Waals surface area (Å²) in [6.07, 6.45) is 5.43. The smallest absolute Gasteiger partial charge is 0.217 e. The molecule has 0 aliphatic rings. The van der Waals surface area contributed by atoms with Gasteiger partial charge in [0.15, 0.2) is 5.13 Å². The van der Waals surface area contributed by atoms with Crippen LogP contribution in [0, 0.1) is 0 Å². The fourth-order valence-corrected chi connectivity index (χ4v) is 1.37. The minimum absolute atomic E-state index is 0.0338. The van der Waals surface area contributed by atoms with Crippen molar-refractivity contribution >= 4 is 28.5 Å². The van der Waals surface area contributed by atoms with Crippen molar-refractivity contribution in [3.63, 3.8) is 0 Å². The standard InChI is InChI=1S/C8H11N3OS/c1-6(12)10-4-2-3-7-5-11-8(9)13-7/h2-3,5H,4H2,1H3,(H2,9,11)(H,10,12). The highest BCUT2D eigenvalue weighted by Crippen LogP contribution is 2.15. The van der Waals surface area contributed by atoms with E-state index in [0.717, 1.165) is 4.88 Å². The summed E-state index contributed by atoms with van der Waals surface area (Å²) in [5, 5.41) is 3.20. The minimum atomic E-state index is -0.0338. The maximum atomic E-state index is 10.5. The van der Waals surface area contributed by atoms with E-state index < -0.39 is 0 Å². The van der Waals surface area contributed by atoms with Gasteiger partial charge in [0.2, 0.25) is 5.91 Å². The molecule has 0 unspecified atom stereocenters. The van der Waals surface area contributed by atoms with Crippen LogP contribution in [0.25, 0.3) is 6.08 Å². The number of thiazole rings is 1. The van der Waals surface area contributed by atoms with E-state index in [1.54, 1.807) is 6.20 Å². The number of anilines is 1. The van der Waals surface area contributed by atoms with Gasteiger partial charge in [0.25, 0.3) is 0 Å². The van der Waals surface area contributed by atoms with Gasteiger partial charge < -0.3 is 11.1 Å². The fraction of sp³-hybridized carbons (Fsp3) is 0.250. The zero-order chi connectivity index (χ0) is 9.68. The van der Waals surface area contributed by atoms with Crippen molar-refractivity contribution in [2.75, 3.05) is 12.3 Å². The van der Waals surface area contributed by atoms with Crippen LogP contribution >= 0.6 is 11.3 Å². The molecular formula is C8H11N3OS. The lowest BCUT2D eigenvalue weighted by Gasteiger charge is -1.92. The molecule has 0 radical (unpaired) electrons. The SMILES string of the molecule is CC(=O)NCC=Cc1cnc(N)s1. The van der Waals surface area contributed by atoms with Crippen LogP contribution in [-0.2, 0) is 4.79 Å². The molecule has 1 rings (SSSR count). The summed E-state index contributed by atoms with van der Waals surface area (Å²) in [4.78, 5) is 15.4. The van der Waals surface area contributed by atoms with Crippen LogP contribution < -0.4 is 11.1 Å². The second kappa shape index (κ2) is 4.61. The van der Waals surface area contributed by atoms with E-state index >= 15 is 0 Å². The van der Waals surface area contributed by atoms with E-state index in [0.29, 0.717) is 11.7 Å². The number of nitrogens with one attached hydrogen (secondary N) is 1. The highest BCUT2D eigenvalue weighted by Gasteiger charge is 1.92. The third-order valence-electron chi connectivity index (χ3n) is 1.29. The number of nitrogens with two attached hydrogens (primary N) is 1. The first kappa shape index (κ1) is 9.73. The lowest BCUT2D eigenvalue weighted by atomic mass is 10.4. The summed E-state index contributed by atoms with van der Waals surface area (Å²) in [7, 11) is 0. The summed E-state index contributed by atoms with van der Waals surface area (Å²) in [6.45, 7) is 2.02. The highest BCUT2D eigenvalue weighted by molar-refractivity contribution is 7.16. The molecule has 1 aromatic heterocycles. The first-order valence-corrected chi connectivity index (χ1v) is 4.62. The molecule has 0 fully saturated rings. The lowest BCUT2D eigenvalue weighted by molar-refractivity contribution is -0.118. The molecule has 0 bridgehead atoms. The number of hydrogen-bond acceptors (Lipinski definition) is 4. The summed E-state index contributed by atoms with van der Waals surface area (Å²) < 4.78 is 0. The molecule has 5 heteroatoms. The molecule has 0 aromatic carbocycles. The van der Waals surface area contributed by atoms with E-state index in [4.69, 9.17) is 5.73 Å². The number of amides is 1. The first-order valence-electron chi connectivity index (χ1n) is 3.81. The Morgan fingerprint density at radius 3 is 3.15 bits per heavy atom. The normalized spacial score (nSPS) is 10.5. The van der Waals surface area contributed by atoms with Gasteiger partial charge in [0.1, 0.15) is 0 Å². The number of hydrogen-bond donors (Lipinski definition) is 2. The Hall–Kier alpha value is -1.36. The lowest BCUT2D eigenvalue weighted by Crippen LogP contribution is -2.19. The zero-order valence-corrected chi connectivity index (χ0v) is 8.10. The van der Waals surface area contributed by atoms with Gasteiger partial charge in [0.05, 0.1) is 0 Å². The molecule has 0 spiro atoms. The summed E-state index contributed by atoms with van der Waals surface area (Å²) in [5.41, 5.74) is 5.43. The molecule has 0 atom stereocenters. The average Bonchev–Trinajstić information content (AvgIpc) is 2.45. The van der Waals surface area contributed by atoms with Gasteiger partial charge in [-0.15, -0.1) is 0 Å². The van der Waals surface area contributed by atoms with Crippen molar-refractivity contribution in [1.29, 1.82) is 0 Å². The molecule has 70 valence electrons. The van der Waals surface area contributed by atoms with Crippen LogP contribution in [0.4, 0.5) is 5.13 Å². The first-order chi connectivity index (χ1) is 6.18. The van der Waals surface area contributed by atoms with Gasteiger partial charge in [0, 0.05) is 24.5 Å². The van der Waals surface area contributed by atoms with Gasteiger partial charge in [-0.1, -0.05) is 17.4 Å². The molecule has 0 saturated heterocycles. The molecule has 0 aliphatic carbocycles. The van der Waals surface area contributed by atoms with E-state index in [-0.39, 0.29) is 5.91 Å². The zero-order valence-electron chi connectivity index (χ0n) is 7.28. The minimum Gasteiger partial charge on any atom is -0.375 e. The Morgan fingerprint density at radius 2 is 2.62 bits per heavy atom. The van der Waals surface area contributed by atoms with Gasteiger partial charge in [-0.3, -0.25) is 4.79 Å². The topological polar surface area (TPSA) is 68.0 Å². The van der Waals surface area contributed by atoms with Gasteiger partial charge >= 0.3 is 0 Å². The largest absolute Gasteiger partial charge is 0.375 e. The monoisotopic (exact) mass is 197 g/mol. The van der Waals surface area contributed by atoms with Crippen molar-refractivity contribution in [2.45, 2.75) is 6.92 Å². The molecule has 0 aliphatic heterocycles. The average molecular weight is 197 g/mol. The molecule has 4 nitrogen and oxygen atoms in total. The Balaban J connectivity index is 2.36. The molecule has 13 heavy (non-hydrogen) atoms. The van der Waals surface area contributed by atoms with Crippen LogP contribution in [0.1, 0.15) is 11.8 Å². The van der Waals surface area contributed by atoms with E-state index in [1.165, 1.54) is 18.3 Å². The second-order valence-corrected chi connectivity index (χ2v) is 3.53. The summed E-state index contributed by atoms with van der Waals surface area (Å²) in [5.74, 6) is -0.0338. The maximum Gasteiger partial charge on any atom is 0.217 e. The third-order valence-corrected chi connectivity index (χ3v) is 2.08. The Kier molecular flexibility index (Phi) is 3.45. The predicted octanol–water partition coefficient (Wildman–Crippen LogP) is 0.875. The van der Waals surface area contributed by atoms with Gasteiger partial charge in [-0.05, 0) is 6.08 Å². The number of nitrogen functional groups attached to an aromatic ring is 1. The Morgan fingerprint density at radius 1 is 1.85 bits per heavy atom. The quantitative estimate of drug-likeness (QED) is 0.755. The van der Waals surface area contributed by atoms with Crippen LogP contribution in [-0.4, -0.2) is 17.4 Å². The van der Waals surface area contributed by atoms with Gasteiger partial charge in [-0.25, -0.2) is 4.98 Å². The van der Waals surface area contributed by atoms with Crippen molar-refractivity contribution in [3.8, 4) is 0 Å². The third kappa shape index (κ3) is 3.71. The summed E-state index contributed by atoms with van der Waals surface area (Å²) >= 11 is 1.41. The van der Waals surface area contributed by atoms with Crippen molar-refractivity contribution in [3.05, 3.63) is 17.2 Å². The molecule has 1 aromatic rings. The second-order valence-electron chi connectivity index (χ2n) is 2.44. The van der Waals surface area contributed by atoms with Crippen LogP contribution in [0.15, 0.2) is 12.3 Å². The number of carbonyl (C=O) groups is 1. The van der Waals surface area contributed by atoms with Crippen molar-refractivity contribution in [1.82, 2.24) is 10.3 Å². The molecule has 1 amide bonds. The van der Waals surface area contributed by atoms with Gasteiger partial charge in [-0.2, -0.15) is 0 Å². The van der Waals surface area contributed by atoms with Crippen molar-refractivity contribution < 1.29 is 4.79 Å². The predicted molar refractivity (Wildman–Crippen MR) is 54.2 cm³/mol. The molecule has 3 N–H and O–H groups in total. The van der Waals surface area contributed by atoms with Crippen LogP contribution in [0.5, 0.6) is 0 Å². The fourth-order valence-electron chi connectivity index (χ4n) is 0.755. The number of rotatable bonds is 3. The van der Waals surface area contributed by atoms with Crippen LogP contribution in [0.3, 0.4) is 0 Å². The number of aromatic nitrogens is 1. The molecular weight excluding hydrogens is 186 g/mol. The van der Waals surface area contributed by atoms with Crippen molar-refractivity contribution in [2.24, 2.45) is 0 Å². The Bertz CT molecular complexity index is 319. The van der Waals surface area contributed by atoms with Crippen LogP contribution in [0.2, 0.25) is 0 Å². The van der Waals surface area contributed by atoms with E-state index in [9.17, 15) is 4.79 Å².